The molecular weight excluding hydrogens is 276 g/mol. The first-order chi connectivity index (χ1) is 10.5. The Bertz CT molecular complexity index is 473. The van der Waals surface area contributed by atoms with E-state index in [1.54, 1.807) is 16.7 Å². The normalized spacial score (nSPS) is 11.8. The lowest BCUT2D eigenvalue weighted by Gasteiger charge is -2.29. The third kappa shape index (κ3) is 5.51. The fraction of sp³-hybridized carbons (Fsp3) is 0.556. The van der Waals surface area contributed by atoms with Gasteiger partial charge in [-0.3, -0.25) is 9.59 Å². The minimum atomic E-state index is -0.0209. The van der Waals surface area contributed by atoms with Crippen molar-refractivity contribution < 1.29 is 9.59 Å². The van der Waals surface area contributed by atoms with Crippen LogP contribution in [0.15, 0.2) is 30.3 Å². The maximum absolute atomic E-state index is 12.1. The maximum Gasteiger partial charge on any atom is 0.224 e. The Labute approximate surface area is 134 Å². The zero-order chi connectivity index (χ0) is 16.5. The number of hydrogen-bond acceptors (Lipinski definition) is 2. The van der Waals surface area contributed by atoms with Crippen LogP contribution >= 0.6 is 0 Å². The third-order valence-corrected chi connectivity index (χ3v) is 3.99. The van der Waals surface area contributed by atoms with Gasteiger partial charge in [-0.2, -0.15) is 0 Å². The van der Waals surface area contributed by atoms with Crippen molar-refractivity contribution in [3.05, 3.63) is 35.9 Å². The van der Waals surface area contributed by atoms with Crippen LogP contribution in [0.3, 0.4) is 0 Å². The summed E-state index contributed by atoms with van der Waals surface area (Å²) < 4.78 is 0. The molecule has 1 aromatic rings. The molecule has 22 heavy (non-hydrogen) atoms. The summed E-state index contributed by atoms with van der Waals surface area (Å²) in [6.45, 7) is 6.91. The van der Waals surface area contributed by atoms with Crippen LogP contribution in [0.5, 0.6) is 0 Å². The number of hydrogen-bond donors (Lipinski definition) is 0. The van der Waals surface area contributed by atoms with Gasteiger partial charge in [-0.15, -0.1) is 0 Å². The van der Waals surface area contributed by atoms with Crippen LogP contribution < -0.4 is 0 Å². The van der Waals surface area contributed by atoms with Crippen molar-refractivity contribution in [1.29, 1.82) is 0 Å². The van der Waals surface area contributed by atoms with Crippen molar-refractivity contribution in [3.8, 4) is 0 Å². The predicted molar refractivity (Wildman–Crippen MR) is 89.4 cm³/mol. The molecule has 0 aliphatic rings. The van der Waals surface area contributed by atoms with Crippen molar-refractivity contribution in [2.24, 2.45) is 0 Å². The largest absolute Gasteiger partial charge is 0.346 e. The van der Waals surface area contributed by atoms with Crippen LogP contribution in [0.25, 0.3) is 0 Å². The van der Waals surface area contributed by atoms with Crippen LogP contribution in [0.2, 0.25) is 0 Å². The molecule has 0 heterocycles. The molecule has 1 atom stereocenters. The van der Waals surface area contributed by atoms with Crippen LogP contribution in [-0.2, 0) is 9.59 Å². The van der Waals surface area contributed by atoms with Crippen molar-refractivity contribution in [1.82, 2.24) is 9.80 Å². The molecule has 0 spiro atoms. The molecule has 0 aliphatic heterocycles. The second kappa shape index (κ2) is 9.23. The van der Waals surface area contributed by atoms with Gasteiger partial charge in [0.25, 0.3) is 0 Å². The highest BCUT2D eigenvalue weighted by Crippen LogP contribution is 2.20. The summed E-state index contributed by atoms with van der Waals surface area (Å²) in [5, 5.41) is 0. The highest BCUT2D eigenvalue weighted by molar-refractivity contribution is 5.78. The Morgan fingerprint density at radius 2 is 1.77 bits per heavy atom. The molecule has 0 aromatic heterocycles. The summed E-state index contributed by atoms with van der Waals surface area (Å²) in [7, 11) is 1.83. The zero-order valence-corrected chi connectivity index (χ0v) is 14.2. The van der Waals surface area contributed by atoms with Gasteiger partial charge in [-0.25, -0.2) is 0 Å². The number of rotatable bonds is 8. The molecule has 4 heteroatoms. The van der Waals surface area contributed by atoms with Gasteiger partial charge in [-0.05, 0) is 18.9 Å². The van der Waals surface area contributed by atoms with Gasteiger partial charge < -0.3 is 9.80 Å². The van der Waals surface area contributed by atoms with Gasteiger partial charge in [0.15, 0.2) is 0 Å². The molecular formula is C18H28N2O2. The lowest BCUT2D eigenvalue weighted by Crippen LogP contribution is -2.36. The fourth-order valence-electron chi connectivity index (χ4n) is 2.46. The Balaban J connectivity index is 2.62. The average molecular weight is 304 g/mol. The van der Waals surface area contributed by atoms with Gasteiger partial charge in [0.1, 0.15) is 0 Å². The first kappa shape index (κ1) is 18.2. The SMILES string of the molecule is CCCCN(C)C(=O)CCN(C(C)=O)C(C)c1ccccc1. The average Bonchev–Trinajstić information content (AvgIpc) is 2.52. The molecule has 1 unspecified atom stereocenters. The van der Waals surface area contributed by atoms with Crippen LogP contribution in [0.4, 0.5) is 0 Å². The molecule has 0 aliphatic carbocycles. The minimum Gasteiger partial charge on any atom is -0.346 e. The van der Waals surface area contributed by atoms with Crippen molar-refractivity contribution in [2.75, 3.05) is 20.1 Å². The molecule has 0 N–H and O–H groups in total. The van der Waals surface area contributed by atoms with E-state index in [1.807, 2.05) is 44.3 Å². The van der Waals surface area contributed by atoms with Crippen molar-refractivity contribution in [2.45, 2.75) is 46.1 Å². The van der Waals surface area contributed by atoms with Gasteiger partial charge in [0.05, 0.1) is 6.04 Å². The number of carbonyl (C=O) groups is 2. The van der Waals surface area contributed by atoms with Gasteiger partial charge in [0.2, 0.25) is 11.8 Å². The van der Waals surface area contributed by atoms with Crippen LogP contribution in [0, 0.1) is 0 Å². The minimum absolute atomic E-state index is 0.000337. The lowest BCUT2D eigenvalue weighted by molar-refractivity contribution is -0.134. The van der Waals surface area contributed by atoms with E-state index in [2.05, 4.69) is 6.92 Å². The molecule has 0 fully saturated rings. The summed E-state index contributed by atoms with van der Waals surface area (Å²) in [6.07, 6.45) is 2.46. The fourth-order valence-corrected chi connectivity index (χ4v) is 2.46. The van der Waals surface area contributed by atoms with E-state index < -0.39 is 0 Å². The molecule has 4 nitrogen and oxygen atoms in total. The number of benzene rings is 1. The molecule has 0 saturated heterocycles. The molecule has 122 valence electrons. The first-order valence-electron chi connectivity index (χ1n) is 8.03. The highest BCUT2D eigenvalue weighted by Gasteiger charge is 2.20. The molecule has 0 bridgehead atoms. The van der Waals surface area contributed by atoms with E-state index >= 15 is 0 Å². The molecule has 1 aromatic carbocycles. The second-order valence-electron chi connectivity index (χ2n) is 5.72. The summed E-state index contributed by atoms with van der Waals surface area (Å²) in [4.78, 5) is 27.6. The standard InChI is InChI=1S/C18H28N2O2/c1-5-6-13-19(4)18(22)12-14-20(16(3)21)15(2)17-10-8-7-9-11-17/h7-11,15H,5-6,12-14H2,1-4H3. The number of amides is 2. The molecule has 2 amide bonds. The van der Waals surface area contributed by atoms with Gasteiger partial charge in [-0.1, -0.05) is 43.7 Å². The number of nitrogens with zero attached hydrogens (tertiary/aromatic N) is 2. The zero-order valence-electron chi connectivity index (χ0n) is 14.2. The van der Waals surface area contributed by atoms with E-state index in [1.165, 1.54) is 0 Å². The highest BCUT2D eigenvalue weighted by atomic mass is 16.2. The van der Waals surface area contributed by atoms with Crippen LogP contribution in [0.1, 0.15) is 51.6 Å². The van der Waals surface area contributed by atoms with Crippen molar-refractivity contribution >= 4 is 11.8 Å². The number of unbranched alkanes of at least 4 members (excludes halogenated alkanes) is 1. The Hall–Kier alpha value is -1.84. The van der Waals surface area contributed by atoms with Crippen LogP contribution in [-0.4, -0.2) is 41.8 Å². The predicted octanol–water partition coefficient (Wildman–Crippen LogP) is 3.24. The summed E-state index contributed by atoms with van der Waals surface area (Å²) in [6, 6.07) is 9.89. The third-order valence-electron chi connectivity index (χ3n) is 3.99. The molecule has 0 radical (unpaired) electrons. The monoisotopic (exact) mass is 304 g/mol. The van der Waals surface area contributed by atoms with Gasteiger partial charge in [0, 0.05) is 33.5 Å². The maximum atomic E-state index is 12.1. The lowest BCUT2D eigenvalue weighted by atomic mass is 10.1. The number of carbonyl (C=O) groups excluding carboxylic acids is 2. The molecule has 0 saturated carbocycles. The van der Waals surface area contributed by atoms with E-state index in [4.69, 9.17) is 0 Å². The van der Waals surface area contributed by atoms with E-state index in [0.717, 1.165) is 24.9 Å². The quantitative estimate of drug-likeness (QED) is 0.739. The van der Waals surface area contributed by atoms with Gasteiger partial charge >= 0.3 is 0 Å². The van der Waals surface area contributed by atoms with E-state index in [9.17, 15) is 9.59 Å². The Morgan fingerprint density at radius 1 is 1.14 bits per heavy atom. The topological polar surface area (TPSA) is 40.6 Å². The summed E-state index contributed by atoms with van der Waals surface area (Å²) in [5.41, 5.74) is 1.09. The summed E-state index contributed by atoms with van der Waals surface area (Å²) in [5.74, 6) is 0.0975. The Morgan fingerprint density at radius 3 is 2.32 bits per heavy atom. The smallest absolute Gasteiger partial charge is 0.224 e. The Kier molecular flexibility index (Phi) is 7.64. The van der Waals surface area contributed by atoms with Crippen molar-refractivity contribution in [3.63, 3.8) is 0 Å². The van der Waals surface area contributed by atoms with E-state index in [0.29, 0.717) is 13.0 Å². The molecule has 1 rings (SSSR count). The second-order valence-corrected chi connectivity index (χ2v) is 5.72. The first-order valence-corrected chi connectivity index (χ1v) is 8.03. The summed E-state index contributed by atoms with van der Waals surface area (Å²) >= 11 is 0. The van der Waals surface area contributed by atoms with E-state index in [-0.39, 0.29) is 17.9 Å².